The van der Waals surface area contributed by atoms with Crippen LogP contribution in [0.2, 0.25) is 0 Å². The van der Waals surface area contributed by atoms with Crippen molar-refractivity contribution in [1.82, 2.24) is 5.43 Å². The van der Waals surface area contributed by atoms with Crippen LogP contribution in [-0.4, -0.2) is 29.7 Å². The highest BCUT2D eigenvalue weighted by Gasteiger charge is 2.07. The van der Waals surface area contributed by atoms with Crippen LogP contribution in [0.25, 0.3) is 0 Å². The molecule has 0 unspecified atom stereocenters. The molecule has 6 heteroatoms. The minimum atomic E-state index is -0.992. The minimum absolute atomic E-state index is 0.167. The molecule has 0 saturated carbocycles. The first kappa shape index (κ1) is 24.2. The molecule has 0 aliphatic heterocycles. The fraction of sp³-hybridized carbons (Fsp3) is 0.929. The lowest BCUT2D eigenvalue weighted by atomic mass is 10.3. The number of rotatable bonds is 7. The van der Waals surface area contributed by atoms with Crippen molar-refractivity contribution in [2.24, 2.45) is 16.1 Å². The second kappa shape index (κ2) is 18.1. The number of nitrogens with one attached hydrogen (secondary N) is 1. The predicted molar refractivity (Wildman–Crippen MR) is 84.4 cm³/mol. The molecule has 0 aliphatic rings. The van der Waals surface area contributed by atoms with Crippen molar-refractivity contribution < 1.29 is 9.90 Å². The molecule has 6 nitrogen and oxygen atoms in total. The number of carbonyl (C=O) groups excluding carboxylic acids is 1. The van der Waals surface area contributed by atoms with E-state index in [9.17, 15) is 4.79 Å². The van der Waals surface area contributed by atoms with Gasteiger partial charge < -0.3 is 9.90 Å². The Morgan fingerprint density at radius 2 is 1.65 bits per heavy atom. The van der Waals surface area contributed by atoms with Gasteiger partial charge in [-0.3, -0.25) is 11.3 Å². The Hall–Kier alpha value is -0.850. The topological polar surface area (TPSA) is 100 Å². The zero-order valence-corrected chi connectivity index (χ0v) is 14.1. The molecule has 0 atom stereocenters. The maximum Gasteiger partial charge on any atom is 0.170 e. The minimum Gasteiger partial charge on any atom is -0.368 e. The van der Waals surface area contributed by atoms with Gasteiger partial charge in [-0.05, 0) is 40.5 Å². The average Bonchev–Trinajstić information content (AvgIpc) is 2.31. The average molecular weight is 290 g/mol. The number of hydrazine groups is 1. The van der Waals surface area contributed by atoms with Gasteiger partial charge in [0.25, 0.3) is 0 Å². The molecule has 0 aromatic carbocycles. The van der Waals surface area contributed by atoms with Gasteiger partial charge >= 0.3 is 0 Å². The van der Waals surface area contributed by atoms with E-state index in [0.29, 0.717) is 0 Å². The standard InChI is InChI=1S/C7H16N2O.C4H12N2.C3H6O/c1-4-5-6-8-9-7(2,3)10;1-2-3-4-6-5;1-3(2)4/h10H,4-6H2,1-3H3;6H,2-5H2,1H3;1-2H3. The van der Waals surface area contributed by atoms with E-state index in [4.69, 9.17) is 10.9 Å². The van der Waals surface area contributed by atoms with E-state index < -0.39 is 5.72 Å². The normalized spacial score (nSPS) is 10.4. The van der Waals surface area contributed by atoms with Crippen LogP contribution in [0.15, 0.2) is 10.2 Å². The van der Waals surface area contributed by atoms with E-state index in [0.717, 1.165) is 25.9 Å². The molecule has 0 aromatic heterocycles. The summed E-state index contributed by atoms with van der Waals surface area (Å²) in [5.74, 6) is 5.13. The van der Waals surface area contributed by atoms with Crippen LogP contribution < -0.4 is 11.3 Å². The summed E-state index contributed by atoms with van der Waals surface area (Å²) in [7, 11) is 0. The Labute approximate surface area is 124 Å². The smallest absolute Gasteiger partial charge is 0.170 e. The third kappa shape index (κ3) is 53.4. The Morgan fingerprint density at radius 3 is 1.90 bits per heavy atom. The fourth-order valence-electron chi connectivity index (χ4n) is 0.731. The van der Waals surface area contributed by atoms with Crippen LogP contribution in [-0.2, 0) is 4.79 Å². The van der Waals surface area contributed by atoms with Gasteiger partial charge in [0.15, 0.2) is 5.72 Å². The van der Waals surface area contributed by atoms with Crippen molar-refractivity contribution in [2.45, 2.75) is 73.0 Å². The van der Waals surface area contributed by atoms with E-state index in [1.807, 2.05) is 0 Å². The third-order valence-electron chi connectivity index (χ3n) is 1.60. The molecular weight excluding hydrogens is 256 g/mol. The molecule has 0 rings (SSSR count). The maximum atomic E-state index is 9.44. The van der Waals surface area contributed by atoms with Gasteiger partial charge in [-0.1, -0.05) is 26.7 Å². The van der Waals surface area contributed by atoms with Crippen molar-refractivity contribution in [3.8, 4) is 0 Å². The number of ketones is 1. The number of unbranched alkanes of at least 4 members (excludes halogenated alkanes) is 2. The van der Waals surface area contributed by atoms with Gasteiger partial charge in [0.2, 0.25) is 0 Å². The quantitative estimate of drug-likeness (QED) is 0.290. The number of hydrogen-bond donors (Lipinski definition) is 3. The van der Waals surface area contributed by atoms with Crippen LogP contribution in [0.5, 0.6) is 0 Å². The van der Waals surface area contributed by atoms with E-state index in [-0.39, 0.29) is 5.78 Å². The number of Topliss-reactive ketones (excluding diaryl/α,β-unsaturated/α-hetero) is 1. The van der Waals surface area contributed by atoms with Crippen LogP contribution in [0.4, 0.5) is 0 Å². The Morgan fingerprint density at radius 1 is 1.20 bits per heavy atom. The summed E-state index contributed by atoms with van der Waals surface area (Å²) >= 11 is 0. The van der Waals surface area contributed by atoms with Crippen LogP contribution in [0.1, 0.15) is 67.2 Å². The number of hydrogen-bond acceptors (Lipinski definition) is 6. The lowest BCUT2D eigenvalue weighted by Crippen LogP contribution is -2.22. The van der Waals surface area contributed by atoms with Crippen molar-refractivity contribution in [3.63, 3.8) is 0 Å². The number of azo groups is 1. The van der Waals surface area contributed by atoms with E-state index in [1.165, 1.54) is 26.7 Å². The second-order valence-electron chi connectivity index (χ2n) is 5.03. The van der Waals surface area contributed by atoms with Crippen molar-refractivity contribution in [2.75, 3.05) is 13.1 Å². The molecule has 0 bridgehead atoms. The fourth-order valence-corrected chi connectivity index (χ4v) is 0.731. The predicted octanol–water partition coefficient (Wildman–Crippen LogP) is 2.81. The molecule has 0 heterocycles. The number of carbonyl (C=O) groups is 1. The molecule has 0 saturated heterocycles. The monoisotopic (exact) mass is 290 g/mol. The van der Waals surface area contributed by atoms with Crippen molar-refractivity contribution >= 4 is 5.78 Å². The highest BCUT2D eigenvalue weighted by molar-refractivity contribution is 5.72. The van der Waals surface area contributed by atoms with Crippen LogP contribution >= 0.6 is 0 Å². The highest BCUT2D eigenvalue weighted by Crippen LogP contribution is 2.03. The zero-order valence-electron chi connectivity index (χ0n) is 14.1. The molecule has 122 valence electrons. The van der Waals surface area contributed by atoms with Gasteiger partial charge in [0.1, 0.15) is 5.78 Å². The van der Waals surface area contributed by atoms with Gasteiger partial charge in [0, 0.05) is 6.54 Å². The van der Waals surface area contributed by atoms with Gasteiger partial charge in [-0.15, -0.1) is 0 Å². The maximum absolute atomic E-state index is 9.44. The molecule has 0 aliphatic carbocycles. The van der Waals surface area contributed by atoms with Gasteiger partial charge in [-0.2, -0.15) is 10.2 Å². The van der Waals surface area contributed by atoms with E-state index in [2.05, 4.69) is 29.5 Å². The SMILES string of the molecule is CC(C)=O.CCCCN=NC(C)(C)O.CCCCNN. The molecule has 0 fully saturated rings. The van der Waals surface area contributed by atoms with Crippen molar-refractivity contribution in [3.05, 3.63) is 0 Å². The number of aliphatic hydroxyl groups is 1. The number of nitrogens with two attached hydrogens (primary N) is 1. The summed E-state index contributed by atoms with van der Waals surface area (Å²) in [4.78, 5) is 9.44. The third-order valence-corrected chi connectivity index (χ3v) is 1.60. The summed E-state index contributed by atoms with van der Waals surface area (Å²) in [6.07, 6.45) is 4.55. The summed E-state index contributed by atoms with van der Waals surface area (Å²) < 4.78 is 0. The largest absolute Gasteiger partial charge is 0.368 e. The first-order valence-electron chi connectivity index (χ1n) is 7.22. The molecule has 20 heavy (non-hydrogen) atoms. The molecule has 0 aromatic rings. The molecule has 0 spiro atoms. The summed E-state index contributed by atoms with van der Waals surface area (Å²) in [6, 6.07) is 0. The molecular formula is C14H34N4O2. The zero-order chi connectivity index (χ0) is 16.4. The van der Waals surface area contributed by atoms with Crippen LogP contribution in [0, 0.1) is 0 Å². The highest BCUT2D eigenvalue weighted by atomic mass is 16.3. The number of nitrogens with zero attached hydrogens (tertiary/aromatic N) is 2. The molecule has 0 radical (unpaired) electrons. The Kier molecular flexibility index (Phi) is 21.9. The summed E-state index contributed by atoms with van der Waals surface area (Å²) in [5.41, 5.74) is 1.58. The van der Waals surface area contributed by atoms with E-state index >= 15 is 0 Å². The molecule has 4 N–H and O–H groups in total. The molecule has 0 amide bonds. The van der Waals surface area contributed by atoms with Gasteiger partial charge in [0.05, 0.1) is 6.54 Å². The first-order valence-corrected chi connectivity index (χ1v) is 7.22. The summed E-state index contributed by atoms with van der Waals surface area (Å²) in [5, 5.41) is 16.5. The second-order valence-corrected chi connectivity index (χ2v) is 5.03. The Bertz CT molecular complexity index is 218. The first-order chi connectivity index (χ1) is 9.21. The lowest BCUT2D eigenvalue weighted by molar-refractivity contribution is -0.114. The Balaban J connectivity index is -0.000000246. The van der Waals surface area contributed by atoms with E-state index in [1.54, 1.807) is 13.8 Å². The van der Waals surface area contributed by atoms with Crippen molar-refractivity contribution in [1.29, 1.82) is 0 Å². The lowest BCUT2D eigenvalue weighted by Gasteiger charge is -2.07. The van der Waals surface area contributed by atoms with Gasteiger partial charge in [-0.25, -0.2) is 0 Å². The summed E-state index contributed by atoms with van der Waals surface area (Å²) in [6.45, 7) is 12.2. The van der Waals surface area contributed by atoms with Crippen LogP contribution in [0.3, 0.4) is 0 Å².